The monoisotopic (exact) mass is 559 g/mol. The molecule has 0 saturated carbocycles. The van der Waals surface area contributed by atoms with E-state index < -0.39 is 47.2 Å². The number of anilines is 1. The minimum Gasteiger partial charge on any atom is -0.508 e. The summed E-state index contributed by atoms with van der Waals surface area (Å²) in [5.74, 6) is -6.91. The van der Waals surface area contributed by atoms with Gasteiger partial charge in [-0.1, -0.05) is 23.3 Å². The minimum atomic E-state index is -1.36. The van der Waals surface area contributed by atoms with Crippen molar-refractivity contribution in [2.24, 2.45) is 17.8 Å². The molecule has 6 rings (SSSR count). The number of fused-ring (bicyclic) bond motifs is 3. The van der Waals surface area contributed by atoms with E-state index in [0.717, 1.165) is 17.0 Å². The number of halogens is 1. The lowest BCUT2D eigenvalue weighted by Crippen LogP contribution is -2.39. The number of carbonyl (C=O) groups is 5. The van der Waals surface area contributed by atoms with Crippen molar-refractivity contribution in [2.45, 2.75) is 25.7 Å². The molecule has 0 spiro atoms. The topological polar surface area (TPSA) is 149 Å². The molecule has 1 saturated heterocycles. The summed E-state index contributed by atoms with van der Waals surface area (Å²) in [7, 11) is 0. The highest BCUT2D eigenvalue weighted by atomic mass is 35.5. The van der Waals surface area contributed by atoms with Gasteiger partial charge in [0.2, 0.25) is 11.8 Å². The Labute approximate surface area is 232 Å². The molecule has 0 radical (unpaired) electrons. The van der Waals surface area contributed by atoms with Crippen molar-refractivity contribution in [3.05, 3.63) is 87.0 Å². The molecule has 9 nitrogen and oxygen atoms in total. The minimum absolute atomic E-state index is 0.0379. The van der Waals surface area contributed by atoms with Gasteiger partial charge >= 0.3 is 5.97 Å². The number of carboxylic acid groups (broad SMARTS) is 1. The van der Waals surface area contributed by atoms with Crippen LogP contribution in [0.15, 0.2) is 70.8 Å². The maximum Gasteiger partial charge on any atom is 0.339 e. The Morgan fingerprint density at radius 3 is 2.42 bits per heavy atom. The second kappa shape index (κ2) is 9.02. The first kappa shape index (κ1) is 25.8. The van der Waals surface area contributed by atoms with E-state index in [1.165, 1.54) is 30.3 Å². The van der Waals surface area contributed by atoms with E-state index in [1.54, 1.807) is 6.92 Å². The third kappa shape index (κ3) is 3.65. The molecule has 0 bridgehead atoms. The van der Waals surface area contributed by atoms with Crippen LogP contribution in [0.2, 0.25) is 5.02 Å². The Kier molecular flexibility index (Phi) is 5.81. The van der Waals surface area contributed by atoms with Gasteiger partial charge in [0.15, 0.2) is 11.6 Å². The average molecular weight is 560 g/mol. The number of imide groups is 1. The molecule has 2 aromatic carbocycles. The van der Waals surface area contributed by atoms with Crippen LogP contribution in [0.5, 0.6) is 11.5 Å². The molecule has 202 valence electrons. The molecule has 3 N–H and O–H groups in total. The molecular formula is C30H22ClNO8. The number of amides is 2. The Hall–Kier alpha value is -4.50. The average Bonchev–Trinajstić information content (AvgIpc) is 3.17. The number of allylic oxidation sites excluding steroid dienone is 6. The van der Waals surface area contributed by atoms with Gasteiger partial charge in [-0.3, -0.25) is 19.2 Å². The molecule has 1 aliphatic heterocycles. The lowest BCUT2D eigenvalue weighted by molar-refractivity contribution is -0.123. The summed E-state index contributed by atoms with van der Waals surface area (Å²) in [5.41, 5.74) is 1.39. The van der Waals surface area contributed by atoms with Crippen molar-refractivity contribution in [1.29, 1.82) is 0 Å². The molecule has 2 aromatic rings. The van der Waals surface area contributed by atoms with Crippen molar-refractivity contribution in [1.82, 2.24) is 0 Å². The number of hydrogen-bond donors (Lipinski definition) is 3. The number of nitrogens with zero attached hydrogens (tertiary/aromatic N) is 1. The molecule has 3 aliphatic carbocycles. The number of carboxylic acids is 1. The number of phenols is 2. The van der Waals surface area contributed by atoms with Gasteiger partial charge in [0.05, 0.1) is 17.5 Å². The van der Waals surface area contributed by atoms with E-state index in [1.807, 2.05) is 6.08 Å². The number of phenolic OH excluding ortho intramolecular Hbond substituents is 1. The Bertz CT molecular complexity index is 1680. The van der Waals surface area contributed by atoms with Crippen LogP contribution in [-0.2, 0) is 19.2 Å². The van der Waals surface area contributed by atoms with E-state index in [-0.39, 0.29) is 58.1 Å². The third-order valence-electron chi connectivity index (χ3n) is 8.33. The van der Waals surface area contributed by atoms with Gasteiger partial charge < -0.3 is 15.3 Å². The molecule has 40 heavy (non-hydrogen) atoms. The normalized spacial score (nSPS) is 25.8. The van der Waals surface area contributed by atoms with E-state index >= 15 is 0 Å². The van der Waals surface area contributed by atoms with Gasteiger partial charge in [0.25, 0.3) is 0 Å². The predicted octanol–water partition coefficient (Wildman–Crippen LogP) is 4.08. The molecule has 4 aliphatic rings. The molecular weight excluding hydrogens is 538 g/mol. The summed E-state index contributed by atoms with van der Waals surface area (Å²) in [6.07, 6.45) is 3.32. The lowest BCUT2D eigenvalue weighted by atomic mass is 9.59. The van der Waals surface area contributed by atoms with Crippen LogP contribution in [-0.4, -0.2) is 44.7 Å². The van der Waals surface area contributed by atoms with Crippen molar-refractivity contribution >= 4 is 46.6 Å². The summed E-state index contributed by atoms with van der Waals surface area (Å²) in [4.78, 5) is 66.3. The number of aromatic carboxylic acids is 1. The van der Waals surface area contributed by atoms with Crippen LogP contribution in [0.3, 0.4) is 0 Å². The molecule has 1 heterocycles. The number of carbonyl (C=O) groups excluding carboxylic acids is 4. The van der Waals surface area contributed by atoms with E-state index in [0.29, 0.717) is 16.2 Å². The van der Waals surface area contributed by atoms with Crippen LogP contribution in [0, 0.1) is 17.8 Å². The van der Waals surface area contributed by atoms with Gasteiger partial charge in [-0.25, -0.2) is 9.69 Å². The molecule has 4 unspecified atom stereocenters. The van der Waals surface area contributed by atoms with Crippen LogP contribution in [0.1, 0.15) is 41.6 Å². The number of ketones is 2. The maximum atomic E-state index is 13.9. The quantitative estimate of drug-likeness (QED) is 0.289. The molecule has 0 aromatic heterocycles. The Balaban J connectivity index is 1.48. The molecule has 10 heteroatoms. The van der Waals surface area contributed by atoms with Crippen molar-refractivity contribution in [3.63, 3.8) is 0 Å². The summed E-state index contributed by atoms with van der Waals surface area (Å²) >= 11 is 6.26. The van der Waals surface area contributed by atoms with Crippen LogP contribution in [0.4, 0.5) is 5.69 Å². The molecule has 1 fully saturated rings. The number of benzene rings is 2. The van der Waals surface area contributed by atoms with Crippen LogP contribution >= 0.6 is 11.6 Å². The van der Waals surface area contributed by atoms with E-state index in [9.17, 15) is 39.3 Å². The molecule has 2 amide bonds. The van der Waals surface area contributed by atoms with Crippen molar-refractivity contribution in [2.75, 3.05) is 4.90 Å². The van der Waals surface area contributed by atoms with Crippen molar-refractivity contribution < 1.29 is 39.3 Å². The zero-order valence-electron chi connectivity index (χ0n) is 21.1. The number of hydrogen-bond acceptors (Lipinski definition) is 7. The number of rotatable bonds is 3. The Morgan fingerprint density at radius 2 is 1.73 bits per heavy atom. The lowest BCUT2D eigenvalue weighted by Gasteiger charge is -2.42. The summed E-state index contributed by atoms with van der Waals surface area (Å²) < 4.78 is 0. The van der Waals surface area contributed by atoms with Gasteiger partial charge in [-0.15, -0.1) is 0 Å². The number of aromatic hydroxyl groups is 2. The fraction of sp³-hybridized carbons (Fsp3) is 0.233. The highest BCUT2D eigenvalue weighted by molar-refractivity contribution is 6.30. The maximum absolute atomic E-state index is 13.9. The molecule has 4 atom stereocenters. The second-order valence-electron chi connectivity index (χ2n) is 10.5. The Morgan fingerprint density at radius 1 is 0.975 bits per heavy atom. The number of Topliss-reactive ketones (excluding diaryl/α,β-unsaturated/α-hetero) is 1. The summed E-state index contributed by atoms with van der Waals surface area (Å²) in [6.45, 7) is 1.55. The van der Waals surface area contributed by atoms with Gasteiger partial charge in [-0.05, 0) is 62.1 Å². The first-order chi connectivity index (χ1) is 19.0. The highest BCUT2D eigenvalue weighted by Gasteiger charge is 2.57. The second-order valence-corrected chi connectivity index (χ2v) is 10.9. The zero-order valence-corrected chi connectivity index (χ0v) is 21.8. The van der Waals surface area contributed by atoms with Crippen molar-refractivity contribution in [3.8, 4) is 11.5 Å². The largest absolute Gasteiger partial charge is 0.508 e. The van der Waals surface area contributed by atoms with Gasteiger partial charge in [0.1, 0.15) is 17.1 Å². The standard InChI is InChI=1S/C30H22ClNO8/c1-12-8-23(35)26-20(27(12)36)11-18-15(24(26)19-9-13(31)2-7-21(19)33)5-6-17-25(18)29(38)32(28(17)37)14-3-4-16(30(39)40)22(34)10-14/h2-5,7-10,17-18,24-25,33-34H,6,11H2,1H3,(H,39,40). The van der Waals surface area contributed by atoms with Gasteiger partial charge in [-0.2, -0.15) is 0 Å². The van der Waals surface area contributed by atoms with Crippen LogP contribution < -0.4 is 4.90 Å². The van der Waals surface area contributed by atoms with Gasteiger partial charge in [0, 0.05) is 39.3 Å². The highest BCUT2D eigenvalue weighted by Crippen LogP contribution is 2.56. The first-order valence-corrected chi connectivity index (χ1v) is 13.0. The smallest absolute Gasteiger partial charge is 0.339 e. The summed E-state index contributed by atoms with van der Waals surface area (Å²) in [5, 5.41) is 30.6. The fourth-order valence-electron chi connectivity index (χ4n) is 6.59. The SMILES string of the molecule is CC1=CC(=O)C2=C(CC3C(=CCC4C(=O)N(c5ccc(C(=O)O)c(O)c5)C(=O)C43)C2c2cc(Cl)ccc2O)C1=O. The predicted molar refractivity (Wildman–Crippen MR) is 142 cm³/mol. The summed E-state index contributed by atoms with van der Waals surface area (Å²) in [6, 6.07) is 7.92. The first-order valence-electron chi connectivity index (χ1n) is 12.6. The fourth-order valence-corrected chi connectivity index (χ4v) is 6.77. The van der Waals surface area contributed by atoms with E-state index in [2.05, 4.69) is 0 Å². The van der Waals surface area contributed by atoms with Crippen LogP contribution in [0.25, 0.3) is 0 Å². The third-order valence-corrected chi connectivity index (χ3v) is 8.57. The van der Waals surface area contributed by atoms with E-state index in [4.69, 9.17) is 11.6 Å². The zero-order chi connectivity index (χ0) is 28.6.